The summed E-state index contributed by atoms with van der Waals surface area (Å²) in [6.45, 7) is 2.04. The van der Waals surface area contributed by atoms with E-state index in [1.807, 2.05) is 13.0 Å². The fourth-order valence-electron chi connectivity index (χ4n) is 2.99. The Morgan fingerprint density at radius 2 is 2.11 bits per heavy atom. The van der Waals surface area contributed by atoms with Gasteiger partial charge in [-0.1, -0.05) is 5.92 Å². The van der Waals surface area contributed by atoms with Crippen molar-refractivity contribution in [3.05, 3.63) is 52.3 Å². The van der Waals surface area contributed by atoms with E-state index in [-0.39, 0.29) is 17.6 Å². The summed E-state index contributed by atoms with van der Waals surface area (Å²) in [6.07, 6.45) is 6.74. The monoisotopic (exact) mass is 379 g/mol. The SMILES string of the molecule is C#CCn1cnc2c(-c3nc4c(F)cc(OC)cc4s3)cc(C)cc2c1=O. The molecule has 7 heteroatoms. The summed E-state index contributed by atoms with van der Waals surface area (Å²) in [4.78, 5) is 21.6. The number of rotatable bonds is 3. The van der Waals surface area contributed by atoms with Crippen molar-refractivity contribution in [2.45, 2.75) is 13.5 Å². The van der Waals surface area contributed by atoms with Crippen molar-refractivity contribution in [3.63, 3.8) is 0 Å². The lowest BCUT2D eigenvalue weighted by Gasteiger charge is -2.07. The second-order valence-corrected chi connectivity index (χ2v) is 7.10. The number of nitrogens with zero attached hydrogens (tertiary/aromatic N) is 3. The number of hydrogen-bond donors (Lipinski definition) is 0. The van der Waals surface area contributed by atoms with Crippen LogP contribution < -0.4 is 10.3 Å². The van der Waals surface area contributed by atoms with Crippen LogP contribution in [0.2, 0.25) is 0 Å². The minimum atomic E-state index is -0.451. The molecule has 2 heterocycles. The lowest BCUT2D eigenvalue weighted by atomic mass is 10.1. The first-order valence-corrected chi connectivity index (χ1v) is 8.91. The lowest BCUT2D eigenvalue weighted by Crippen LogP contribution is -2.20. The second kappa shape index (κ2) is 6.49. The van der Waals surface area contributed by atoms with Crippen LogP contribution in [0.25, 0.3) is 31.7 Å². The van der Waals surface area contributed by atoms with Gasteiger partial charge in [0.2, 0.25) is 0 Å². The van der Waals surface area contributed by atoms with E-state index >= 15 is 0 Å². The first-order valence-electron chi connectivity index (χ1n) is 8.09. The summed E-state index contributed by atoms with van der Waals surface area (Å²) >= 11 is 1.33. The number of methoxy groups -OCH3 is 1. The topological polar surface area (TPSA) is 57.0 Å². The van der Waals surface area contributed by atoms with Crippen LogP contribution in [0.4, 0.5) is 4.39 Å². The molecular weight excluding hydrogens is 365 g/mol. The van der Waals surface area contributed by atoms with Crippen LogP contribution in [0.15, 0.2) is 35.4 Å². The third kappa shape index (κ3) is 2.84. The Morgan fingerprint density at radius 1 is 1.30 bits per heavy atom. The summed E-state index contributed by atoms with van der Waals surface area (Å²) in [5, 5.41) is 1.05. The highest BCUT2D eigenvalue weighted by Gasteiger charge is 2.16. The van der Waals surface area contributed by atoms with Crippen molar-refractivity contribution in [1.82, 2.24) is 14.5 Å². The third-order valence-electron chi connectivity index (χ3n) is 4.22. The molecule has 4 aromatic rings. The maximum atomic E-state index is 14.3. The van der Waals surface area contributed by atoms with Crippen LogP contribution in [0, 0.1) is 25.1 Å². The van der Waals surface area contributed by atoms with Gasteiger partial charge in [0.25, 0.3) is 5.56 Å². The molecule has 2 aromatic heterocycles. The quantitative estimate of drug-likeness (QED) is 0.509. The fourth-order valence-corrected chi connectivity index (χ4v) is 4.01. The van der Waals surface area contributed by atoms with Gasteiger partial charge < -0.3 is 4.74 Å². The van der Waals surface area contributed by atoms with Crippen LogP contribution in [0.3, 0.4) is 0 Å². The summed E-state index contributed by atoms with van der Waals surface area (Å²) in [7, 11) is 1.49. The van der Waals surface area contributed by atoms with Crippen LogP contribution in [-0.2, 0) is 6.54 Å². The number of terminal acetylenes is 1. The molecule has 0 radical (unpaired) electrons. The summed E-state index contributed by atoms with van der Waals surface area (Å²) in [5.41, 5.74) is 2.15. The van der Waals surface area contributed by atoms with Gasteiger partial charge in [0.05, 0.1) is 35.6 Å². The number of aromatic nitrogens is 3. The second-order valence-electron chi connectivity index (χ2n) is 6.07. The Morgan fingerprint density at radius 3 is 2.85 bits per heavy atom. The summed E-state index contributed by atoms with van der Waals surface area (Å²) < 4.78 is 21.5. The first-order chi connectivity index (χ1) is 13.0. The van der Waals surface area contributed by atoms with E-state index in [2.05, 4.69) is 15.9 Å². The van der Waals surface area contributed by atoms with Crippen LogP contribution in [-0.4, -0.2) is 21.6 Å². The number of halogens is 1. The van der Waals surface area contributed by atoms with Crippen molar-refractivity contribution < 1.29 is 9.13 Å². The molecule has 0 aliphatic carbocycles. The number of fused-ring (bicyclic) bond motifs is 2. The molecule has 0 fully saturated rings. The van der Waals surface area contributed by atoms with E-state index in [1.54, 1.807) is 12.1 Å². The van der Waals surface area contributed by atoms with Gasteiger partial charge in [-0.2, -0.15) is 0 Å². The highest BCUT2D eigenvalue weighted by Crippen LogP contribution is 2.36. The molecule has 0 atom stereocenters. The maximum absolute atomic E-state index is 14.3. The highest BCUT2D eigenvalue weighted by molar-refractivity contribution is 7.21. The normalized spacial score (nSPS) is 11.0. The number of thiazole rings is 1. The molecule has 27 heavy (non-hydrogen) atoms. The van der Waals surface area contributed by atoms with Crippen LogP contribution >= 0.6 is 11.3 Å². The predicted molar refractivity (Wildman–Crippen MR) is 105 cm³/mol. The molecule has 0 saturated heterocycles. The van der Waals surface area contributed by atoms with Gasteiger partial charge in [0.1, 0.15) is 16.3 Å². The molecule has 0 bridgehead atoms. The number of benzene rings is 2. The Hall–Kier alpha value is -3.24. The standard InChI is InChI=1S/C20H14FN3O2S/c1-4-5-24-10-22-17-13(6-11(2)7-14(17)20(24)25)19-23-18-15(21)8-12(26-3)9-16(18)27-19/h1,6-10H,5H2,2-3H3. The first kappa shape index (κ1) is 17.2. The zero-order valence-electron chi connectivity index (χ0n) is 14.6. The molecule has 134 valence electrons. The largest absolute Gasteiger partial charge is 0.497 e. The van der Waals surface area contributed by atoms with Gasteiger partial charge >= 0.3 is 0 Å². The Labute approximate surface area is 158 Å². The molecule has 0 saturated carbocycles. The van der Waals surface area contributed by atoms with Gasteiger partial charge in [0, 0.05) is 11.6 Å². The summed E-state index contributed by atoms with van der Waals surface area (Å²) in [5.74, 6) is 2.42. The highest BCUT2D eigenvalue weighted by atomic mass is 32.1. The molecule has 4 rings (SSSR count). The number of aryl methyl sites for hydroxylation is 1. The van der Waals surface area contributed by atoms with Gasteiger partial charge in [-0.15, -0.1) is 17.8 Å². The lowest BCUT2D eigenvalue weighted by molar-refractivity contribution is 0.412. The number of hydrogen-bond acceptors (Lipinski definition) is 5. The van der Waals surface area contributed by atoms with Gasteiger partial charge in [-0.3, -0.25) is 9.36 Å². The molecule has 0 spiro atoms. The molecule has 5 nitrogen and oxygen atoms in total. The average molecular weight is 379 g/mol. The molecular formula is C20H14FN3O2S. The zero-order chi connectivity index (χ0) is 19.1. The van der Waals surface area contributed by atoms with Gasteiger partial charge in [-0.05, 0) is 30.7 Å². The average Bonchev–Trinajstić information content (AvgIpc) is 3.08. The molecule has 0 aliphatic heterocycles. The third-order valence-corrected chi connectivity index (χ3v) is 5.26. The molecule has 0 N–H and O–H groups in total. The van der Waals surface area contributed by atoms with E-state index in [0.29, 0.717) is 31.9 Å². The predicted octanol–water partition coefficient (Wildman–Crippen LogP) is 3.76. The molecule has 0 amide bonds. The van der Waals surface area contributed by atoms with Gasteiger partial charge in [-0.25, -0.2) is 14.4 Å². The van der Waals surface area contributed by atoms with Crippen LogP contribution in [0.5, 0.6) is 5.75 Å². The van der Waals surface area contributed by atoms with E-state index in [4.69, 9.17) is 11.2 Å². The van der Waals surface area contributed by atoms with Crippen molar-refractivity contribution in [2.24, 2.45) is 0 Å². The Bertz CT molecular complexity index is 1300. The smallest absolute Gasteiger partial charge is 0.262 e. The molecule has 0 unspecified atom stereocenters. The van der Waals surface area contributed by atoms with E-state index in [1.165, 1.54) is 35.4 Å². The van der Waals surface area contributed by atoms with E-state index in [0.717, 1.165) is 5.56 Å². The molecule has 2 aromatic carbocycles. The number of ether oxygens (including phenoxy) is 1. The molecule has 0 aliphatic rings. The van der Waals surface area contributed by atoms with Crippen molar-refractivity contribution in [3.8, 4) is 28.7 Å². The minimum Gasteiger partial charge on any atom is -0.497 e. The van der Waals surface area contributed by atoms with Crippen molar-refractivity contribution in [1.29, 1.82) is 0 Å². The van der Waals surface area contributed by atoms with Crippen molar-refractivity contribution in [2.75, 3.05) is 7.11 Å². The summed E-state index contributed by atoms with van der Waals surface area (Å²) in [6, 6.07) is 6.72. The fraction of sp³-hybridized carbons (Fsp3) is 0.150. The van der Waals surface area contributed by atoms with Crippen LogP contribution in [0.1, 0.15) is 5.56 Å². The van der Waals surface area contributed by atoms with E-state index < -0.39 is 5.82 Å². The van der Waals surface area contributed by atoms with Crippen molar-refractivity contribution >= 4 is 32.5 Å². The Kier molecular flexibility index (Phi) is 4.13. The minimum absolute atomic E-state index is 0.150. The van der Waals surface area contributed by atoms with Gasteiger partial charge in [0.15, 0.2) is 5.82 Å². The Balaban J connectivity index is 2.00. The van der Waals surface area contributed by atoms with E-state index in [9.17, 15) is 9.18 Å². The zero-order valence-corrected chi connectivity index (χ0v) is 15.4. The maximum Gasteiger partial charge on any atom is 0.262 e.